The molecule has 1 saturated carbocycles. The molecule has 1 heterocycles. The predicted molar refractivity (Wildman–Crippen MR) is 75.8 cm³/mol. The van der Waals surface area contributed by atoms with Crippen molar-refractivity contribution in [2.24, 2.45) is 5.41 Å². The molecular weight excluding hydrogens is 254 g/mol. The average molecular weight is 271 g/mol. The van der Waals surface area contributed by atoms with Crippen LogP contribution in [0.15, 0.2) is 36.5 Å². The van der Waals surface area contributed by atoms with Crippen molar-refractivity contribution < 1.29 is 14.6 Å². The average Bonchev–Trinajstić information content (AvgIpc) is 2.95. The molecule has 3 rings (SSSR count). The van der Waals surface area contributed by atoms with Gasteiger partial charge in [-0.3, -0.25) is 9.78 Å². The van der Waals surface area contributed by atoms with Crippen LogP contribution >= 0.6 is 0 Å². The molecule has 1 aromatic carbocycles. The number of carboxylic acid groups (broad SMARTS) is 1. The lowest BCUT2D eigenvalue weighted by Crippen LogP contribution is -2.34. The molecule has 0 unspecified atom stereocenters. The second-order valence-corrected chi connectivity index (χ2v) is 5.44. The summed E-state index contributed by atoms with van der Waals surface area (Å²) in [6.45, 7) is 0.244. The zero-order valence-electron chi connectivity index (χ0n) is 11.2. The Balaban J connectivity index is 1.77. The molecule has 4 heteroatoms. The number of carbonyl (C=O) groups is 1. The van der Waals surface area contributed by atoms with E-state index in [2.05, 4.69) is 4.98 Å². The Morgan fingerprint density at radius 3 is 2.85 bits per heavy atom. The maximum Gasteiger partial charge on any atom is 0.313 e. The fraction of sp³-hybridized carbons (Fsp3) is 0.375. The molecule has 0 saturated heterocycles. The van der Waals surface area contributed by atoms with Crippen molar-refractivity contribution >= 4 is 16.9 Å². The number of ether oxygens (including phenoxy) is 1. The van der Waals surface area contributed by atoms with Gasteiger partial charge in [0.2, 0.25) is 0 Å². The molecule has 0 bridgehead atoms. The minimum atomic E-state index is -0.738. The van der Waals surface area contributed by atoms with E-state index in [1.54, 1.807) is 6.20 Å². The van der Waals surface area contributed by atoms with Crippen LogP contribution in [0, 0.1) is 5.41 Å². The van der Waals surface area contributed by atoms with Crippen molar-refractivity contribution in [2.75, 3.05) is 6.61 Å². The molecule has 1 aliphatic carbocycles. The van der Waals surface area contributed by atoms with Crippen molar-refractivity contribution in [3.05, 3.63) is 36.5 Å². The summed E-state index contributed by atoms with van der Waals surface area (Å²) in [6, 6.07) is 9.50. The summed E-state index contributed by atoms with van der Waals surface area (Å²) in [5.74, 6) is -0.0320. The highest BCUT2D eigenvalue weighted by Crippen LogP contribution is 2.39. The lowest BCUT2D eigenvalue weighted by atomic mass is 9.87. The number of aliphatic carboxylic acids is 1. The van der Waals surface area contributed by atoms with Gasteiger partial charge in [0, 0.05) is 11.6 Å². The Hall–Kier alpha value is -2.10. The molecule has 20 heavy (non-hydrogen) atoms. The van der Waals surface area contributed by atoms with Gasteiger partial charge >= 0.3 is 5.97 Å². The van der Waals surface area contributed by atoms with Crippen LogP contribution < -0.4 is 4.74 Å². The number of nitrogens with zero attached hydrogens (tertiary/aromatic N) is 1. The van der Waals surface area contributed by atoms with Crippen LogP contribution in [0.1, 0.15) is 25.7 Å². The zero-order chi connectivity index (χ0) is 14.0. The number of hydrogen-bond donors (Lipinski definition) is 1. The lowest BCUT2D eigenvalue weighted by molar-refractivity contribution is -0.150. The minimum Gasteiger partial charge on any atom is -0.492 e. The quantitative estimate of drug-likeness (QED) is 0.927. The number of fused-ring (bicyclic) bond motifs is 1. The molecule has 0 radical (unpaired) electrons. The highest BCUT2D eigenvalue weighted by molar-refractivity contribution is 5.79. The van der Waals surface area contributed by atoms with Gasteiger partial charge in [-0.1, -0.05) is 18.9 Å². The van der Waals surface area contributed by atoms with Gasteiger partial charge in [-0.15, -0.1) is 0 Å². The molecule has 1 N–H and O–H groups in total. The van der Waals surface area contributed by atoms with Gasteiger partial charge in [-0.25, -0.2) is 0 Å². The first-order valence-electron chi connectivity index (χ1n) is 6.91. The normalized spacial score (nSPS) is 17.2. The van der Waals surface area contributed by atoms with Crippen LogP contribution in [0.25, 0.3) is 10.9 Å². The van der Waals surface area contributed by atoms with Crippen molar-refractivity contribution in [3.63, 3.8) is 0 Å². The maximum absolute atomic E-state index is 11.5. The van der Waals surface area contributed by atoms with E-state index in [-0.39, 0.29) is 6.61 Å². The molecule has 0 spiro atoms. The van der Waals surface area contributed by atoms with E-state index in [4.69, 9.17) is 4.74 Å². The van der Waals surface area contributed by atoms with Gasteiger partial charge in [0.1, 0.15) is 17.8 Å². The molecule has 104 valence electrons. The number of hydrogen-bond acceptors (Lipinski definition) is 3. The van der Waals surface area contributed by atoms with Gasteiger partial charge in [-0.2, -0.15) is 0 Å². The van der Waals surface area contributed by atoms with Crippen molar-refractivity contribution in [3.8, 4) is 5.75 Å². The fourth-order valence-electron chi connectivity index (χ4n) is 2.84. The van der Waals surface area contributed by atoms with E-state index in [1.165, 1.54) is 0 Å². The highest BCUT2D eigenvalue weighted by Gasteiger charge is 2.42. The summed E-state index contributed by atoms with van der Waals surface area (Å²) in [5.41, 5.74) is 0.206. The van der Waals surface area contributed by atoms with Gasteiger partial charge in [-0.05, 0) is 37.1 Å². The molecule has 2 aromatic rings. The Labute approximate surface area is 117 Å². The molecule has 1 fully saturated rings. The van der Waals surface area contributed by atoms with E-state index in [1.807, 2.05) is 30.3 Å². The van der Waals surface area contributed by atoms with Crippen LogP contribution in [0.4, 0.5) is 0 Å². The van der Waals surface area contributed by atoms with Gasteiger partial charge in [0.15, 0.2) is 0 Å². The summed E-state index contributed by atoms with van der Waals surface area (Å²) in [6.07, 6.45) is 5.10. The summed E-state index contributed by atoms with van der Waals surface area (Å²) in [4.78, 5) is 15.7. The van der Waals surface area contributed by atoms with E-state index < -0.39 is 11.4 Å². The van der Waals surface area contributed by atoms with E-state index in [9.17, 15) is 9.90 Å². The number of aromatic nitrogens is 1. The van der Waals surface area contributed by atoms with Crippen LogP contribution in [-0.2, 0) is 4.79 Å². The minimum absolute atomic E-state index is 0.244. The Morgan fingerprint density at radius 1 is 1.30 bits per heavy atom. The first-order valence-corrected chi connectivity index (χ1v) is 6.91. The fourth-order valence-corrected chi connectivity index (χ4v) is 2.84. The topological polar surface area (TPSA) is 59.4 Å². The number of benzene rings is 1. The molecule has 0 aliphatic heterocycles. The predicted octanol–water partition coefficient (Wildman–Crippen LogP) is 3.26. The Morgan fingerprint density at radius 2 is 2.10 bits per heavy atom. The molecule has 4 nitrogen and oxygen atoms in total. The number of carboxylic acids is 1. The monoisotopic (exact) mass is 271 g/mol. The molecule has 1 aromatic heterocycles. The summed E-state index contributed by atoms with van der Waals surface area (Å²) >= 11 is 0. The molecule has 0 atom stereocenters. The second kappa shape index (κ2) is 5.12. The van der Waals surface area contributed by atoms with Crippen molar-refractivity contribution in [2.45, 2.75) is 25.7 Å². The van der Waals surface area contributed by atoms with Crippen LogP contribution in [-0.4, -0.2) is 22.7 Å². The van der Waals surface area contributed by atoms with Crippen molar-refractivity contribution in [1.82, 2.24) is 4.98 Å². The van der Waals surface area contributed by atoms with Crippen LogP contribution in [0.5, 0.6) is 5.75 Å². The second-order valence-electron chi connectivity index (χ2n) is 5.44. The molecular formula is C16H17NO3. The number of rotatable bonds is 4. The maximum atomic E-state index is 11.5. The summed E-state index contributed by atoms with van der Waals surface area (Å²) < 4.78 is 5.75. The van der Waals surface area contributed by atoms with Crippen LogP contribution in [0.2, 0.25) is 0 Å². The largest absolute Gasteiger partial charge is 0.492 e. The first kappa shape index (κ1) is 12.9. The van der Waals surface area contributed by atoms with E-state index >= 15 is 0 Å². The third-order valence-corrected chi connectivity index (χ3v) is 4.10. The van der Waals surface area contributed by atoms with Crippen LogP contribution in [0.3, 0.4) is 0 Å². The van der Waals surface area contributed by atoms with Gasteiger partial charge < -0.3 is 9.84 Å². The number of pyridine rings is 1. The zero-order valence-corrected chi connectivity index (χ0v) is 11.2. The first-order chi connectivity index (χ1) is 9.70. The third-order valence-electron chi connectivity index (χ3n) is 4.10. The Bertz CT molecular complexity index is 632. The third kappa shape index (κ3) is 2.33. The molecule has 1 aliphatic rings. The molecule has 0 amide bonds. The standard InChI is InChI=1S/C16H17NO3/c18-15(19)16(7-1-2-8-16)11-20-13-5-6-14-12(10-13)4-3-9-17-14/h3-6,9-10H,1-2,7-8,11H2,(H,18,19). The van der Waals surface area contributed by atoms with Gasteiger partial charge in [0.25, 0.3) is 0 Å². The Kier molecular flexibility index (Phi) is 3.30. The smallest absolute Gasteiger partial charge is 0.313 e. The van der Waals surface area contributed by atoms with Crippen molar-refractivity contribution in [1.29, 1.82) is 0 Å². The van der Waals surface area contributed by atoms with Gasteiger partial charge in [0.05, 0.1) is 5.52 Å². The lowest BCUT2D eigenvalue weighted by Gasteiger charge is -2.23. The summed E-state index contributed by atoms with van der Waals surface area (Å²) in [7, 11) is 0. The SMILES string of the molecule is O=C(O)C1(COc2ccc3ncccc3c2)CCCC1. The van der Waals surface area contributed by atoms with E-state index in [0.717, 1.165) is 23.7 Å². The highest BCUT2D eigenvalue weighted by atomic mass is 16.5. The summed E-state index contributed by atoms with van der Waals surface area (Å²) in [5, 5.41) is 10.4. The van der Waals surface area contributed by atoms with E-state index in [0.29, 0.717) is 18.6 Å².